The lowest BCUT2D eigenvalue weighted by atomic mass is 9.95. The number of aryl methyl sites for hydroxylation is 1. The highest BCUT2D eigenvalue weighted by Crippen LogP contribution is 2.28. The Morgan fingerprint density at radius 1 is 1.12 bits per heavy atom. The maximum Gasteiger partial charge on any atom is 0.222 e. The fourth-order valence-electron chi connectivity index (χ4n) is 3.67. The number of piperidine rings is 1. The summed E-state index contributed by atoms with van der Waals surface area (Å²) in [5.41, 5.74) is 3.31. The molecule has 3 aromatic rings. The lowest BCUT2D eigenvalue weighted by molar-refractivity contribution is -0.132. The van der Waals surface area contributed by atoms with Crippen molar-refractivity contribution < 1.29 is 4.79 Å². The number of nitrogens with zero attached hydrogens (tertiary/aromatic N) is 2. The zero-order valence-corrected chi connectivity index (χ0v) is 16.2. The third kappa shape index (κ3) is 3.68. The lowest BCUT2D eigenvalue weighted by Gasteiger charge is -2.31. The predicted molar refractivity (Wildman–Crippen MR) is 107 cm³/mol. The Morgan fingerprint density at radius 2 is 1.85 bits per heavy atom. The standard InChI is InChI=1S/C21H22BrN3O/c22-17-6-2-1-5-15(17)9-10-20(26)25-13-11-16(12-14-25)21-23-18-7-3-4-8-19(18)24-21/h1-8,16H,9-14H2,(H,23,24). The Labute approximate surface area is 161 Å². The number of imidazole rings is 1. The van der Waals surface area contributed by atoms with Gasteiger partial charge in [0.25, 0.3) is 0 Å². The number of aromatic nitrogens is 2. The summed E-state index contributed by atoms with van der Waals surface area (Å²) in [5, 5.41) is 0. The first kappa shape index (κ1) is 17.3. The van der Waals surface area contributed by atoms with Gasteiger partial charge in [0.15, 0.2) is 0 Å². The molecule has 1 aliphatic rings. The summed E-state index contributed by atoms with van der Waals surface area (Å²) >= 11 is 3.56. The van der Waals surface area contributed by atoms with Crippen LogP contribution in [0.25, 0.3) is 11.0 Å². The predicted octanol–water partition coefficient (Wildman–Crippen LogP) is 4.66. The number of halogens is 1. The van der Waals surface area contributed by atoms with Crippen molar-refractivity contribution in [2.45, 2.75) is 31.6 Å². The molecule has 2 heterocycles. The van der Waals surface area contributed by atoms with Crippen LogP contribution in [-0.4, -0.2) is 33.9 Å². The SMILES string of the molecule is O=C(CCc1ccccc1Br)N1CCC(c2nc3ccccc3[nH]2)CC1. The molecule has 1 N–H and O–H groups in total. The molecule has 0 aliphatic carbocycles. The second kappa shape index (κ2) is 7.62. The summed E-state index contributed by atoms with van der Waals surface area (Å²) in [6, 6.07) is 16.3. The molecule has 2 aromatic carbocycles. The molecule has 1 aromatic heterocycles. The molecule has 0 atom stereocenters. The van der Waals surface area contributed by atoms with E-state index < -0.39 is 0 Å². The number of para-hydroxylation sites is 2. The summed E-state index contributed by atoms with van der Waals surface area (Å²) in [5.74, 6) is 1.73. The smallest absolute Gasteiger partial charge is 0.222 e. The molecule has 1 saturated heterocycles. The van der Waals surface area contributed by atoms with Crippen molar-refractivity contribution in [3.8, 4) is 0 Å². The molecule has 1 fully saturated rings. The number of likely N-dealkylation sites (tertiary alicyclic amines) is 1. The minimum absolute atomic E-state index is 0.254. The average Bonchev–Trinajstić information content (AvgIpc) is 3.11. The summed E-state index contributed by atoms with van der Waals surface area (Å²) in [6.07, 6.45) is 3.29. The zero-order valence-electron chi connectivity index (χ0n) is 14.6. The average molecular weight is 412 g/mol. The third-order valence-electron chi connectivity index (χ3n) is 5.21. The van der Waals surface area contributed by atoms with Crippen LogP contribution in [-0.2, 0) is 11.2 Å². The number of hydrogen-bond donors (Lipinski definition) is 1. The van der Waals surface area contributed by atoms with Gasteiger partial charge in [-0.25, -0.2) is 4.98 Å². The van der Waals surface area contributed by atoms with Gasteiger partial charge in [-0.15, -0.1) is 0 Å². The van der Waals surface area contributed by atoms with E-state index in [0.717, 1.165) is 53.7 Å². The lowest BCUT2D eigenvalue weighted by Crippen LogP contribution is -2.38. The van der Waals surface area contributed by atoms with Crippen LogP contribution in [0.1, 0.15) is 36.6 Å². The van der Waals surface area contributed by atoms with E-state index in [4.69, 9.17) is 4.98 Å². The van der Waals surface area contributed by atoms with Crippen LogP contribution < -0.4 is 0 Å². The van der Waals surface area contributed by atoms with Gasteiger partial charge >= 0.3 is 0 Å². The largest absolute Gasteiger partial charge is 0.343 e. The van der Waals surface area contributed by atoms with E-state index in [0.29, 0.717) is 12.3 Å². The summed E-state index contributed by atoms with van der Waals surface area (Å²) < 4.78 is 1.08. The monoisotopic (exact) mass is 411 g/mol. The van der Waals surface area contributed by atoms with Crippen molar-refractivity contribution in [2.24, 2.45) is 0 Å². The third-order valence-corrected chi connectivity index (χ3v) is 5.98. The number of rotatable bonds is 4. The van der Waals surface area contributed by atoms with Crippen LogP contribution in [0.2, 0.25) is 0 Å². The molecule has 1 aliphatic heterocycles. The first-order valence-electron chi connectivity index (χ1n) is 9.16. The second-order valence-electron chi connectivity index (χ2n) is 6.89. The zero-order chi connectivity index (χ0) is 17.9. The van der Waals surface area contributed by atoms with Crippen LogP contribution in [0.15, 0.2) is 53.0 Å². The molecule has 0 radical (unpaired) electrons. The minimum Gasteiger partial charge on any atom is -0.343 e. The summed E-state index contributed by atoms with van der Waals surface area (Å²) in [7, 11) is 0. The highest BCUT2D eigenvalue weighted by Gasteiger charge is 2.25. The Hall–Kier alpha value is -2.14. The number of aromatic amines is 1. The van der Waals surface area contributed by atoms with Gasteiger partial charge in [-0.2, -0.15) is 0 Å². The van der Waals surface area contributed by atoms with Crippen LogP contribution in [0, 0.1) is 0 Å². The number of carbonyl (C=O) groups is 1. The van der Waals surface area contributed by atoms with Crippen molar-refractivity contribution >= 4 is 32.9 Å². The van der Waals surface area contributed by atoms with Crippen LogP contribution in [0.3, 0.4) is 0 Å². The second-order valence-corrected chi connectivity index (χ2v) is 7.74. The number of benzene rings is 2. The Kier molecular flexibility index (Phi) is 5.07. The van der Waals surface area contributed by atoms with Gasteiger partial charge in [0.2, 0.25) is 5.91 Å². The Bertz CT molecular complexity index is 879. The van der Waals surface area contributed by atoms with E-state index in [1.54, 1.807) is 0 Å². The van der Waals surface area contributed by atoms with Crippen molar-refractivity contribution in [1.82, 2.24) is 14.9 Å². The fraction of sp³-hybridized carbons (Fsp3) is 0.333. The molecule has 0 spiro atoms. The highest BCUT2D eigenvalue weighted by atomic mass is 79.9. The summed E-state index contributed by atoms with van der Waals surface area (Å²) in [6.45, 7) is 1.63. The summed E-state index contributed by atoms with van der Waals surface area (Å²) in [4.78, 5) is 22.7. The van der Waals surface area contributed by atoms with Gasteiger partial charge in [0.05, 0.1) is 11.0 Å². The topological polar surface area (TPSA) is 49.0 Å². The number of nitrogens with one attached hydrogen (secondary N) is 1. The van der Waals surface area contributed by atoms with E-state index in [1.807, 2.05) is 41.3 Å². The molecule has 4 nitrogen and oxygen atoms in total. The molecular formula is C21H22BrN3O. The van der Waals surface area contributed by atoms with E-state index >= 15 is 0 Å². The maximum atomic E-state index is 12.6. The van der Waals surface area contributed by atoms with Crippen molar-refractivity contribution in [2.75, 3.05) is 13.1 Å². The van der Waals surface area contributed by atoms with Gasteiger partial charge < -0.3 is 9.88 Å². The molecule has 0 saturated carbocycles. The van der Waals surface area contributed by atoms with Crippen LogP contribution in [0.4, 0.5) is 0 Å². The quantitative estimate of drug-likeness (QED) is 0.678. The molecular weight excluding hydrogens is 390 g/mol. The molecule has 26 heavy (non-hydrogen) atoms. The van der Waals surface area contributed by atoms with E-state index in [2.05, 4.69) is 33.0 Å². The van der Waals surface area contributed by atoms with Crippen molar-refractivity contribution in [3.63, 3.8) is 0 Å². The minimum atomic E-state index is 0.254. The van der Waals surface area contributed by atoms with E-state index in [1.165, 1.54) is 5.56 Å². The first-order chi connectivity index (χ1) is 12.7. The van der Waals surface area contributed by atoms with E-state index in [-0.39, 0.29) is 5.91 Å². The molecule has 5 heteroatoms. The fourth-order valence-corrected chi connectivity index (χ4v) is 4.15. The van der Waals surface area contributed by atoms with Crippen molar-refractivity contribution in [3.05, 3.63) is 64.4 Å². The number of H-pyrrole nitrogens is 1. The molecule has 4 rings (SSSR count). The Balaban J connectivity index is 1.33. The normalized spacial score (nSPS) is 15.5. The molecule has 0 unspecified atom stereocenters. The van der Waals surface area contributed by atoms with Gasteiger partial charge in [0.1, 0.15) is 5.82 Å². The number of amides is 1. The first-order valence-corrected chi connectivity index (χ1v) is 9.96. The van der Waals surface area contributed by atoms with Gasteiger partial charge in [-0.3, -0.25) is 4.79 Å². The van der Waals surface area contributed by atoms with Crippen LogP contribution >= 0.6 is 15.9 Å². The number of fused-ring (bicyclic) bond motifs is 1. The van der Waals surface area contributed by atoms with E-state index in [9.17, 15) is 4.79 Å². The number of hydrogen-bond acceptors (Lipinski definition) is 2. The Morgan fingerprint density at radius 3 is 2.62 bits per heavy atom. The maximum absolute atomic E-state index is 12.6. The molecule has 0 bridgehead atoms. The van der Waals surface area contributed by atoms with Crippen molar-refractivity contribution in [1.29, 1.82) is 0 Å². The van der Waals surface area contributed by atoms with Gasteiger partial charge in [-0.05, 0) is 43.0 Å². The molecule has 134 valence electrons. The van der Waals surface area contributed by atoms with Gasteiger partial charge in [0, 0.05) is 29.9 Å². The number of carbonyl (C=O) groups excluding carboxylic acids is 1. The highest BCUT2D eigenvalue weighted by molar-refractivity contribution is 9.10. The molecule has 1 amide bonds. The van der Waals surface area contributed by atoms with Gasteiger partial charge in [-0.1, -0.05) is 46.3 Å². The van der Waals surface area contributed by atoms with Crippen LogP contribution in [0.5, 0.6) is 0 Å².